The molecule has 0 radical (unpaired) electrons. The topological polar surface area (TPSA) is 80.8 Å². The number of H-pyrrole nitrogens is 1. The highest BCUT2D eigenvalue weighted by molar-refractivity contribution is 5.83. The van der Waals surface area contributed by atoms with Gasteiger partial charge in [0, 0.05) is 5.56 Å². The Bertz CT molecular complexity index is 893. The molecule has 7 heteroatoms. The Hall–Kier alpha value is -3.22. The van der Waals surface area contributed by atoms with Crippen molar-refractivity contribution in [3.05, 3.63) is 41.5 Å². The van der Waals surface area contributed by atoms with E-state index in [1.165, 1.54) is 5.56 Å². The Balaban J connectivity index is 1.81. The first kappa shape index (κ1) is 16.6. The van der Waals surface area contributed by atoms with E-state index in [-0.39, 0.29) is 0 Å². The summed E-state index contributed by atoms with van der Waals surface area (Å²) in [7, 11) is 4.72. The molecule has 0 saturated heterocycles. The third-order valence-electron chi connectivity index (χ3n) is 3.71. The Morgan fingerprint density at radius 1 is 1.04 bits per heavy atom. The zero-order valence-corrected chi connectivity index (χ0v) is 14.6. The highest BCUT2D eigenvalue weighted by Crippen LogP contribution is 2.37. The van der Waals surface area contributed by atoms with E-state index >= 15 is 0 Å². The number of hydrogen-bond donors (Lipinski definition) is 2. The van der Waals surface area contributed by atoms with Gasteiger partial charge in [-0.05, 0) is 36.8 Å². The molecule has 1 aromatic heterocycles. The Morgan fingerprint density at radius 3 is 2.40 bits per heavy atom. The second-order valence-electron chi connectivity index (χ2n) is 5.43. The summed E-state index contributed by atoms with van der Waals surface area (Å²) >= 11 is 0. The number of aryl methyl sites for hydroxylation is 1. The van der Waals surface area contributed by atoms with Crippen LogP contribution in [0.25, 0.3) is 11.0 Å². The Labute approximate surface area is 145 Å². The predicted octanol–water partition coefficient (Wildman–Crippen LogP) is 3.34. The van der Waals surface area contributed by atoms with Crippen LogP contribution in [-0.4, -0.2) is 37.5 Å². The maximum atomic E-state index is 5.33. The van der Waals surface area contributed by atoms with Crippen LogP contribution < -0.4 is 19.6 Å². The fourth-order valence-electron chi connectivity index (χ4n) is 2.52. The molecule has 0 saturated carbocycles. The van der Waals surface area contributed by atoms with Gasteiger partial charge in [0.05, 0.1) is 38.6 Å². The quantitative estimate of drug-likeness (QED) is 0.531. The van der Waals surface area contributed by atoms with Crippen LogP contribution in [0.2, 0.25) is 0 Å². The molecule has 2 aromatic carbocycles. The van der Waals surface area contributed by atoms with E-state index in [1.54, 1.807) is 27.5 Å². The first-order valence-electron chi connectivity index (χ1n) is 7.70. The van der Waals surface area contributed by atoms with E-state index in [4.69, 9.17) is 14.2 Å². The van der Waals surface area contributed by atoms with Crippen LogP contribution in [0.3, 0.4) is 0 Å². The monoisotopic (exact) mass is 340 g/mol. The molecule has 3 aromatic rings. The summed E-state index contributed by atoms with van der Waals surface area (Å²) in [5.74, 6) is 2.26. The number of ether oxygens (including phenoxy) is 3. The first-order valence-corrected chi connectivity index (χ1v) is 7.70. The van der Waals surface area contributed by atoms with Gasteiger partial charge in [0.15, 0.2) is 11.5 Å². The number of hydrazone groups is 1. The maximum absolute atomic E-state index is 5.33. The molecule has 0 aliphatic carbocycles. The van der Waals surface area contributed by atoms with Crippen LogP contribution in [0.1, 0.15) is 11.1 Å². The lowest BCUT2D eigenvalue weighted by Gasteiger charge is -2.12. The van der Waals surface area contributed by atoms with Gasteiger partial charge < -0.3 is 19.2 Å². The number of benzene rings is 2. The number of nitrogens with one attached hydrogen (secondary N) is 2. The predicted molar refractivity (Wildman–Crippen MR) is 98.1 cm³/mol. The van der Waals surface area contributed by atoms with Crippen LogP contribution >= 0.6 is 0 Å². The normalized spacial score (nSPS) is 11.0. The summed E-state index contributed by atoms with van der Waals surface area (Å²) in [4.78, 5) is 7.61. The van der Waals surface area contributed by atoms with E-state index in [0.29, 0.717) is 23.2 Å². The molecule has 0 atom stereocenters. The molecular formula is C18H20N4O3. The van der Waals surface area contributed by atoms with Gasteiger partial charge >= 0.3 is 0 Å². The minimum atomic E-state index is 0.544. The Kier molecular flexibility index (Phi) is 4.74. The third-order valence-corrected chi connectivity index (χ3v) is 3.71. The van der Waals surface area contributed by atoms with E-state index < -0.39 is 0 Å². The molecule has 0 unspecified atom stereocenters. The van der Waals surface area contributed by atoms with Crippen molar-refractivity contribution in [1.82, 2.24) is 9.97 Å². The number of nitrogens with zero attached hydrogens (tertiary/aromatic N) is 2. The van der Waals surface area contributed by atoms with E-state index in [0.717, 1.165) is 16.6 Å². The highest BCUT2D eigenvalue weighted by Gasteiger charge is 2.12. The second kappa shape index (κ2) is 7.12. The van der Waals surface area contributed by atoms with Crippen molar-refractivity contribution in [3.8, 4) is 17.2 Å². The van der Waals surface area contributed by atoms with Gasteiger partial charge in [-0.15, -0.1) is 0 Å². The average Bonchev–Trinajstić information content (AvgIpc) is 3.02. The lowest BCUT2D eigenvalue weighted by atomic mass is 10.2. The SMILES string of the molecule is COc1cc(/C=N\Nc2nc3ccc(C)cc3[nH]2)cc(OC)c1OC. The van der Waals surface area contributed by atoms with E-state index in [2.05, 4.69) is 20.5 Å². The zero-order valence-electron chi connectivity index (χ0n) is 14.6. The highest BCUT2D eigenvalue weighted by atomic mass is 16.5. The molecule has 25 heavy (non-hydrogen) atoms. The van der Waals surface area contributed by atoms with Crippen molar-refractivity contribution in [2.75, 3.05) is 26.8 Å². The number of anilines is 1. The van der Waals surface area contributed by atoms with E-state index in [1.807, 2.05) is 37.3 Å². The smallest absolute Gasteiger partial charge is 0.222 e. The lowest BCUT2D eigenvalue weighted by molar-refractivity contribution is 0.324. The molecule has 0 spiro atoms. The molecule has 2 N–H and O–H groups in total. The van der Waals surface area contributed by atoms with Gasteiger partial charge in [-0.2, -0.15) is 5.10 Å². The van der Waals surface area contributed by atoms with Gasteiger partial charge in [-0.1, -0.05) is 6.07 Å². The minimum Gasteiger partial charge on any atom is -0.493 e. The number of hydrogen-bond acceptors (Lipinski definition) is 6. The van der Waals surface area contributed by atoms with Gasteiger partial charge in [-0.3, -0.25) is 0 Å². The molecule has 0 bridgehead atoms. The maximum Gasteiger partial charge on any atom is 0.222 e. The number of aromatic nitrogens is 2. The van der Waals surface area contributed by atoms with Crippen LogP contribution in [-0.2, 0) is 0 Å². The van der Waals surface area contributed by atoms with Crippen LogP contribution in [0.15, 0.2) is 35.4 Å². The zero-order chi connectivity index (χ0) is 17.8. The van der Waals surface area contributed by atoms with Gasteiger partial charge in [-0.25, -0.2) is 10.4 Å². The molecule has 0 amide bonds. The standard InChI is InChI=1S/C18H20N4O3/c1-11-5-6-13-14(7-11)21-18(20-13)22-19-10-12-8-15(23-2)17(25-4)16(9-12)24-3/h5-10H,1-4H3,(H2,20,21,22)/b19-10-. The summed E-state index contributed by atoms with van der Waals surface area (Å²) in [6.07, 6.45) is 1.66. The number of methoxy groups -OCH3 is 3. The summed E-state index contributed by atoms with van der Waals surface area (Å²) < 4.78 is 16.0. The fourth-order valence-corrected chi connectivity index (χ4v) is 2.52. The molecule has 3 rings (SSSR count). The number of imidazole rings is 1. The summed E-state index contributed by atoms with van der Waals surface area (Å²) in [6, 6.07) is 9.65. The molecule has 0 fully saturated rings. The molecule has 0 aliphatic rings. The first-order chi connectivity index (χ1) is 12.1. The molecule has 0 aliphatic heterocycles. The number of fused-ring (bicyclic) bond motifs is 1. The molecule has 130 valence electrons. The minimum absolute atomic E-state index is 0.544. The van der Waals surface area contributed by atoms with Crippen LogP contribution in [0, 0.1) is 6.92 Å². The lowest BCUT2D eigenvalue weighted by Crippen LogP contribution is -1.98. The van der Waals surface area contributed by atoms with Crippen molar-refractivity contribution in [2.45, 2.75) is 6.92 Å². The summed E-state index contributed by atoms with van der Waals surface area (Å²) in [5.41, 5.74) is 6.71. The fraction of sp³-hybridized carbons (Fsp3) is 0.222. The van der Waals surface area contributed by atoms with Crippen molar-refractivity contribution in [3.63, 3.8) is 0 Å². The molecule has 7 nitrogen and oxygen atoms in total. The number of rotatable bonds is 6. The van der Waals surface area contributed by atoms with Crippen molar-refractivity contribution < 1.29 is 14.2 Å². The summed E-state index contributed by atoms with van der Waals surface area (Å²) in [6.45, 7) is 2.04. The van der Waals surface area contributed by atoms with E-state index in [9.17, 15) is 0 Å². The van der Waals surface area contributed by atoms with Crippen LogP contribution in [0.4, 0.5) is 5.95 Å². The molecular weight excluding hydrogens is 320 g/mol. The van der Waals surface area contributed by atoms with Crippen molar-refractivity contribution >= 4 is 23.2 Å². The molecule has 1 heterocycles. The number of aromatic amines is 1. The average molecular weight is 340 g/mol. The third kappa shape index (κ3) is 3.50. The van der Waals surface area contributed by atoms with Crippen molar-refractivity contribution in [2.24, 2.45) is 5.10 Å². The van der Waals surface area contributed by atoms with Gasteiger partial charge in [0.2, 0.25) is 11.7 Å². The second-order valence-corrected chi connectivity index (χ2v) is 5.43. The van der Waals surface area contributed by atoms with Gasteiger partial charge in [0.25, 0.3) is 0 Å². The van der Waals surface area contributed by atoms with Crippen LogP contribution in [0.5, 0.6) is 17.2 Å². The van der Waals surface area contributed by atoms with Gasteiger partial charge in [0.1, 0.15) is 0 Å². The summed E-state index contributed by atoms with van der Waals surface area (Å²) in [5, 5.41) is 4.22. The Morgan fingerprint density at radius 2 is 1.76 bits per heavy atom. The van der Waals surface area contributed by atoms with Crippen molar-refractivity contribution in [1.29, 1.82) is 0 Å². The largest absolute Gasteiger partial charge is 0.493 e.